The number of nitro groups is 1. The quantitative estimate of drug-likeness (QED) is 0.173. The maximum atomic E-state index is 12.4. The lowest BCUT2D eigenvalue weighted by molar-refractivity contribution is -0.384. The summed E-state index contributed by atoms with van der Waals surface area (Å²) in [6.07, 6.45) is 1.32. The Hall–Kier alpha value is -3.71. The molecule has 0 spiro atoms. The van der Waals surface area contributed by atoms with Gasteiger partial charge in [0.05, 0.1) is 16.5 Å². The smallest absolute Gasteiger partial charge is 0.308 e. The Morgan fingerprint density at radius 3 is 2.45 bits per heavy atom. The molecule has 0 bridgehead atoms. The maximum absolute atomic E-state index is 12.4. The number of hydrogen-bond donors (Lipinski definition) is 1. The number of non-ortho nitro benzene ring substituents is 1. The number of esters is 1. The van der Waals surface area contributed by atoms with Crippen molar-refractivity contribution in [3.8, 4) is 17.6 Å². The van der Waals surface area contributed by atoms with Gasteiger partial charge in [0, 0.05) is 24.7 Å². The third kappa shape index (κ3) is 5.63. The lowest BCUT2D eigenvalue weighted by atomic mass is 10.1. The van der Waals surface area contributed by atoms with E-state index in [1.807, 2.05) is 0 Å². The number of carbonyl (C=O) groups is 2. The summed E-state index contributed by atoms with van der Waals surface area (Å²) in [5.74, 6) is -0.826. The van der Waals surface area contributed by atoms with E-state index in [-0.39, 0.29) is 22.8 Å². The predicted octanol–water partition coefficient (Wildman–Crippen LogP) is 3.84. The van der Waals surface area contributed by atoms with E-state index in [4.69, 9.17) is 9.47 Å². The average molecular weight is 460 g/mol. The molecule has 0 aliphatic rings. The molecule has 0 aliphatic carbocycles. The lowest BCUT2D eigenvalue weighted by Gasteiger charge is -2.11. The zero-order chi connectivity index (χ0) is 21.6. The van der Waals surface area contributed by atoms with Gasteiger partial charge in [-0.2, -0.15) is 5.26 Å². The fourth-order valence-corrected chi connectivity index (χ4v) is 2.79. The van der Waals surface area contributed by atoms with Crippen LogP contribution < -0.4 is 14.8 Å². The second-order valence-electron chi connectivity index (χ2n) is 5.56. The molecule has 29 heavy (non-hydrogen) atoms. The van der Waals surface area contributed by atoms with Crippen molar-refractivity contribution in [1.82, 2.24) is 0 Å². The maximum Gasteiger partial charge on any atom is 0.308 e. The summed E-state index contributed by atoms with van der Waals surface area (Å²) in [6, 6.07) is 10.0. The molecular weight excluding hydrogens is 446 g/mol. The van der Waals surface area contributed by atoms with E-state index >= 15 is 0 Å². The summed E-state index contributed by atoms with van der Waals surface area (Å²) in [5, 5.41) is 22.5. The second kappa shape index (κ2) is 9.48. The molecule has 0 aliphatic heterocycles. The Morgan fingerprint density at radius 1 is 1.28 bits per heavy atom. The number of halogens is 1. The minimum Gasteiger partial charge on any atom is -0.493 e. The molecule has 0 atom stereocenters. The van der Waals surface area contributed by atoms with Crippen LogP contribution in [-0.4, -0.2) is 23.9 Å². The Labute approximate surface area is 173 Å². The van der Waals surface area contributed by atoms with Gasteiger partial charge in [0.1, 0.15) is 11.6 Å². The van der Waals surface area contributed by atoms with E-state index in [0.29, 0.717) is 15.7 Å². The molecule has 0 saturated heterocycles. The molecule has 1 amide bonds. The van der Waals surface area contributed by atoms with Crippen molar-refractivity contribution < 1.29 is 24.0 Å². The third-order valence-corrected chi connectivity index (χ3v) is 4.10. The molecule has 0 unspecified atom stereocenters. The van der Waals surface area contributed by atoms with Crippen LogP contribution in [0.25, 0.3) is 6.08 Å². The second-order valence-corrected chi connectivity index (χ2v) is 6.41. The van der Waals surface area contributed by atoms with E-state index in [1.54, 1.807) is 12.1 Å². The van der Waals surface area contributed by atoms with Crippen molar-refractivity contribution >= 4 is 45.3 Å². The van der Waals surface area contributed by atoms with Gasteiger partial charge in [0.2, 0.25) is 0 Å². The number of nitriles is 1. The number of rotatable bonds is 6. The Kier molecular flexibility index (Phi) is 7.05. The van der Waals surface area contributed by atoms with Crippen LogP contribution in [0.15, 0.2) is 46.4 Å². The SMILES string of the molecule is COc1cc(/C=C(\C#N)C(=O)Nc2ccc([N+](=O)[O-])cc2)cc(Br)c1OC(C)=O. The fraction of sp³-hybridized carbons (Fsp3) is 0.105. The van der Waals surface area contributed by atoms with Crippen LogP contribution in [-0.2, 0) is 9.59 Å². The molecule has 148 valence electrons. The highest BCUT2D eigenvalue weighted by atomic mass is 79.9. The zero-order valence-electron chi connectivity index (χ0n) is 15.3. The number of methoxy groups -OCH3 is 1. The highest BCUT2D eigenvalue weighted by molar-refractivity contribution is 9.10. The van der Waals surface area contributed by atoms with E-state index < -0.39 is 16.8 Å². The lowest BCUT2D eigenvalue weighted by Crippen LogP contribution is -2.13. The van der Waals surface area contributed by atoms with Gasteiger partial charge in [0.15, 0.2) is 11.5 Å². The van der Waals surface area contributed by atoms with Crippen LogP contribution in [0.1, 0.15) is 12.5 Å². The first-order valence-electron chi connectivity index (χ1n) is 7.98. The Morgan fingerprint density at radius 2 is 1.93 bits per heavy atom. The molecule has 0 aromatic heterocycles. The van der Waals surface area contributed by atoms with Crippen LogP contribution >= 0.6 is 15.9 Å². The summed E-state index contributed by atoms with van der Waals surface area (Å²) >= 11 is 3.26. The summed E-state index contributed by atoms with van der Waals surface area (Å²) in [7, 11) is 1.38. The third-order valence-electron chi connectivity index (χ3n) is 3.51. The monoisotopic (exact) mass is 459 g/mol. The predicted molar refractivity (Wildman–Crippen MR) is 107 cm³/mol. The van der Waals surface area contributed by atoms with E-state index in [9.17, 15) is 25.0 Å². The van der Waals surface area contributed by atoms with Gasteiger partial charge in [-0.25, -0.2) is 0 Å². The standard InChI is InChI=1S/C19H14BrN3O6/c1-11(24)29-18-16(20)8-12(9-17(18)28-2)7-13(10-21)19(25)22-14-3-5-15(6-4-14)23(26)27/h3-9H,1-2H3,(H,22,25)/b13-7+. The highest BCUT2D eigenvalue weighted by Gasteiger charge is 2.15. The molecule has 2 rings (SSSR count). The first-order chi connectivity index (χ1) is 13.7. The van der Waals surface area contributed by atoms with Crippen LogP contribution in [0, 0.1) is 21.4 Å². The zero-order valence-corrected chi connectivity index (χ0v) is 16.8. The van der Waals surface area contributed by atoms with Crippen molar-refractivity contribution in [1.29, 1.82) is 5.26 Å². The van der Waals surface area contributed by atoms with Crippen molar-refractivity contribution in [2.24, 2.45) is 0 Å². The number of carbonyl (C=O) groups excluding carboxylic acids is 2. The number of anilines is 1. The minimum atomic E-state index is -0.694. The average Bonchev–Trinajstić information content (AvgIpc) is 2.67. The first-order valence-corrected chi connectivity index (χ1v) is 8.78. The fourth-order valence-electron chi connectivity index (χ4n) is 2.25. The molecule has 0 heterocycles. The van der Waals surface area contributed by atoms with Crippen LogP contribution in [0.2, 0.25) is 0 Å². The van der Waals surface area contributed by atoms with Crippen molar-refractivity contribution in [2.75, 3.05) is 12.4 Å². The topological polar surface area (TPSA) is 132 Å². The molecule has 0 saturated carbocycles. The van der Waals surface area contributed by atoms with Gasteiger partial charge in [0.25, 0.3) is 11.6 Å². The Bertz CT molecular complexity index is 1040. The number of nitro benzene ring substituents is 1. The number of hydrogen-bond acceptors (Lipinski definition) is 7. The number of nitrogens with zero attached hydrogens (tertiary/aromatic N) is 2. The van der Waals surface area contributed by atoms with Gasteiger partial charge in [-0.3, -0.25) is 19.7 Å². The van der Waals surface area contributed by atoms with Gasteiger partial charge >= 0.3 is 5.97 Å². The van der Waals surface area contributed by atoms with Crippen molar-refractivity contribution in [3.63, 3.8) is 0 Å². The largest absolute Gasteiger partial charge is 0.493 e. The number of amides is 1. The molecule has 0 fully saturated rings. The molecule has 2 aromatic rings. The highest BCUT2D eigenvalue weighted by Crippen LogP contribution is 2.37. The van der Waals surface area contributed by atoms with Gasteiger partial charge < -0.3 is 14.8 Å². The van der Waals surface area contributed by atoms with Crippen LogP contribution in [0.5, 0.6) is 11.5 Å². The van der Waals surface area contributed by atoms with Gasteiger partial charge in [-0.05, 0) is 51.8 Å². The molecule has 2 aromatic carbocycles. The van der Waals surface area contributed by atoms with E-state index in [0.717, 1.165) is 0 Å². The van der Waals surface area contributed by atoms with Crippen molar-refractivity contribution in [3.05, 3.63) is 62.1 Å². The molecule has 10 heteroatoms. The summed E-state index contributed by atoms with van der Waals surface area (Å²) in [5.41, 5.74) is 0.409. The van der Waals surface area contributed by atoms with Crippen LogP contribution in [0.4, 0.5) is 11.4 Å². The molecule has 1 N–H and O–H groups in total. The first kappa shape index (κ1) is 21.6. The number of benzene rings is 2. The number of ether oxygens (including phenoxy) is 2. The minimum absolute atomic E-state index is 0.121. The number of nitrogens with one attached hydrogen (secondary N) is 1. The van der Waals surface area contributed by atoms with E-state index in [2.05, 4.69) is 21.2 Å². The molecular formula is C19H14BrN3O6. The summed E-state index contributed by atoms with van der Waals surface area (Å²) < 4.78 is 10.7. The van der Waals surface area contributed by atoms with Gasteiger partial charge in [-0.15, -0.1) is 0 Å². The van der Waals surface area contributed by atoms with E-state index in [1.165, 1.54) is 50.4 Å². The molecule has 0 radical (unpaired) electrons. The van der Waals surface area contributed by atoms with Crippen LogP contribution in [0.3, 0.4) is 0 Å². The normalized spacial score (nSPS) is 10.6. The Balaban J connectivity index is 2.29. The summed E-state index contributed by atoms with van der Waals surface area (Å²) in [4.78, 5) is 33.7. The van der Waals surface area contributed by atoms with Crippen molar-refractivity contribution in [2.45, 2.75) is 6.92 Å². The summed E-state index contributed by atoms with van der Waals surface area (Å²) in [6.45, 7) is 1.25. The van der Waals surface area contributed by atoms with Gasteiger partial charge in [-0.1, -0.05) is 0 Å². The molecule has 9 nitrogen and oxygen atoms in total.